The van der Waals surface area contributed by atoms with Gasteiger partial charge < -0.3 is 10.1 Å². The molecule has 1 aromatic carbocycles. The van der Waals surface area contributed by atoms with Gasteiger partial charge in [0.1, 0.15) is 5.69 Å². The molecule has 1 aromatic rings. The van der Waals surface area contributed by atoms with Gasteiger partial charge in [0.05, 0.1) is 4.92 Å². The number of anilines is 1. The van der Waals surface area contributed by atoms with E-state index in [9.17, 15) is 15.3 Å². The Morgan fingerprint density at radius 2 is 1.94 bits per heavy atom. The molecule has 0 amide bonds. The monoisotopic (exact) mass is 237 g/mol. The van der Waals surface area contributed by atoms with Crippen LogP contribution >= 0.6 is 0 Å². The zero-order chi connectivity index (χ0) is 12.4. The fraction of sp³-hybridized carbons (Fsp3) is 0.455. The molecule has 6 heteroatoms. The Morgan fingerprint density at radius 3 is 2.53 bits per heavy atom. The van der Waals surface area contributed by atoms with Crippen molar-refractivity contribution in [3.63, 3.8) is 0 Å². The van der Waals surface area contributed by atoms with Gasteiger partial charge in [-0.2, -0.15) is 5.06 Å². The molecule has 1 aliphatic heterocycles. The summed E-state index contributed by atoms with van der Waals surface area (Å²) in [6.07, 6.45) is 0. The lowest BCUT2D eigenvalue weighted by molar-refractivity contribution is -0.384. The minimum atomic E-state index is -0.354. The van der Waals surface area contributed by atoms with E-state index in [1.54, 1.807) is 12.1 Å². The fourth-order valence-corrected chi connectivity index (χ4v) is 1.98. The summed E-state index contributed by atoms with van der Waals surface area (Å²) < 4.78 is 0. The smallest absolute Gasteiger partial charge is 0.292 e. The van der Waals surface area contributed by atoms with Crippen LogP contribution in [0, 0.1) is 17.0 Å². The molecule has 17 heavy (non-hydrogen) atoms. The first-order valence-corrected chi connectivity index (χ1v) is 5.52. The van der Waals surface area contributed by atoms with Gasteiger partial charge in [-0.05, 0) is 18.6 Å². The Kier molecular flexibility index (Phi) is 3.26. The van der Waals surface area contributed by atoms with E-state index in [1.807, 2.05) is 17.9 Å². The van der Waals surface area contributed by atoms with Crippen molar-refractivity contribution in [1.29, 1.82) is 0 Å². The maximum atomic E-state index is 11.0. The van der Waals surface area contributed by atoms with Gasteiger partial charge in [-0.1, -0.05) is 6.07 Å². The summed E-state index contributed by atoms with van der Waals surface area (Å²) in [5, 5.41) is 21.5. The van der Waals surface area contributed by atoms with Crippen molar-refractivity contribution in [3.05, 3.63) is 33.9 Å². The Labute approximate surface area is 99.2 Å². The first-order valence-electron chi connectivity index (χ1n) is 5.52. The molecule has 6 nitrogen and oxygen atoms in total. The average molecular weight is 237 g/mol. The summed E-state index contributed by atoms with van der Waals surface area (Å²) in [5.41, 5.74) is 1.64. The second-order valence-corrected chi connectivity index (χ2v) is 4.19. The number of nitro benzene ring substituents is 1. The largest absolute Gasteiger partial charge is 0.363 e. The highest BCUT2D eigenvalue weighted by Gasteiger charge is 2.22. The molecule has 0 unspecified atom stereocenters. The summed E-state index contributed by atoms with van der Waals surface area (Å²) in [5.74, 6) is 0. The number of piperazine rings is 1. The number of hydroxylamine groups is 2. The summed E-state index contributed by atoms with van der Waals surface area (Å²) in [4.78, 5) is 12.6. The number of rotatable bonds is 2. The Morgan fingerprint density at radius 1 is 1.29 bits per heavy atom. The summed E-state index contributed by atoms with van der Waals surface area (Å²) >= 11 is 0. The van der Waals surface area contributed by atoms with Crippen molar-refractivity contribution in [1.82, 2.24) is 5.06 Å². The number of benzene rings is 1. The molecule has 0 spiro atoms. The number of hydrogen-bond donors (Lipinski definition) is 1. The Hall–Kier alpha value is -1.66. The van der Waals surface area contributed by atoms with E-state index in [1.165, 1.54) is 5.06 Å². The van der Waals surface area contributed by atoms with E-state index < -0.39 is 0 Å². The lowest BCUT2D eigenvalue weighted by Gasteiger charge is -2.32. The molecular weight excluding hydrogens is 222 g/mol. The second-order valence-electron chi connectivity index (χ2n) is 4.19. The molecule has 1 N–H and O–H groups in total. The highest BCUT2D eigenvalue weighted by Crippen LogP contribution is 2.29. The van der Waals surface area contributed by atoms with Crippen LogP contribution in [0.25, 0.3) is 0 Å². The Bertz CT molecular complexity index is 428. The van der Waals surface area contributed by atoms with Crippen molar-refractivity contribution >= 4 is 11.4 Å². The van der Waals surface area contributed by atoms with Crippen LogP contribution in [0.3, 0.4) is 0 Å². The van der Waals surface area contributed by atoms with Crippen molar-refractivity contribution in [2.24, 2.45) is 0 Å². The van der Waals surface area contributed by atoms with Crippen LogP contribution in [0.15, 0.2) is 18.2 Å². The molecule has 92 valence electrons. The first kappa shape index (κ1) is 11.8. The highest BCUT2D eigenvalue weighted by atomic mass is 16.6. The molecule has 1 saturated heterocycles. The van der Waals surface area contributed by atoms with Crippen LogP contribution in [0.2, 0.25) is 0 Å². The van der Waals surface area contributed by atoms with Gasteiger partial charge in [-0.25, -0.2) is 0 Å². The van der Waals surface area contributed by atoms with Crippen LogP contribution in [0.4, 0.5) is 11.4 Å². The van der Waals surface area contributed by atoms with E-state index in [0.717, 1.165) is 5.56 Å². The van der Waals surface area contributed by atoms with Crippen LogP contribution in [-0.4, -0.2) is 41.4 Å². The Balaban J connectivity index is 2.28. The lowest BCUT2D eigenvalue weighted by Crippen LogP contribution is -2.45. The van der Waals surface area contributed by atoms with E-state index in [-0.39, 0.29) is 10.6 Å². The third kappa shape index (κ3) is 2.54. The third-order valence-electron chi connectivity index (χ3n) is 2.92. The molecule has 0 aliphatic carbocycles. The van der Waals surface area contributed by atoms with Crippen molar-refractivity contribution in [3.8, 4) is 0 Å². The molecule has 1 heterocycles. The van der Waals surface area contributed by atoms with Crippen LogP contribution in [-0.2, 0) is 0 Å². The number of nitrogens with zero attached hydrogens (tertiary/aromatic N) is 3. The SMILES string of the molecule is Cc1ccc(N2CCN(O)CC2)c([N+](=O)[O-])c1. The summed E-state index contributed by atoms with van der Waals surface area (Å²) in [6, 6.07) is 5.23. The van der Waals surface area contributed by atoms with Gasteiger partial charge >= 0.3 is 0 Å². The van der Waals surface area contributed by atoms with Gasteiger partial charge in [0.2, 0.25) is 0 Å². The zero-order valence-corrected chi connectivity index (χ0v) is 9.67. The number of hydrogen-bond acceptors (Lipinski definition) is 5. The predicted molar refractivity (Wildman–Crippen MR) is 63.4 cm³/mol. The molecular formula is C11H15N3O3. The summed E-state index contributed by atoms with van der Waals surface area (Å²) in [6.45, 7) is 4.04. The molecule has 0 aromatic heterocycles. The van der Waals surface area contributed by atoms with E-state index >= 15 is 0 Å². The number of aryl methyl sites for hydroxylation is 1. The van der Waals surface area contributed by atoms with Gasteiger partial charge in [0.15, 0.2) is 0 Å². The zero-order valence-electron chi connectivity index (χ0n) is 9.67. The number of nitro groups is 1. The molecule has 0 radical (unpaired) electrons. The van der Waals surface area contributed by atoms with Crippen LogP contribution in [0.5, 0.6) is 0 Å². The van der Waals surface area contributed by atoms with E-state index in [4.69, 9.17) is 0 Å². The van der Waals surface area contributed by atoms with Gasteiger partial charge in [0, 0.05) is 32.2 Å². The molecule has 2 rings (SSSR count). The van der Waals surface area contributed by atoms with E-state index in [2.05, 4.69) is 0 Å². The first-order chi connectivity index (χ1) is 8.08. The van der Waals surface area contributed by atoms with Crippen LogP contribution in [0.1, 0.15) is 5.56 Å². The third-order valence-corrected chi connectivity index (χ3v) is 2.92. The second kappa shape index (κ2) is 4.68. The van der Waals surface area contributed by atoms with Gasteiger partial charge in [0.25, 0.3) is 5.69 Å². The van der Waals surface area contributed by atoms with Crippen molar-refractivity contribution < 1.29 is 10.1 Å². The maximum absolute atomic E-state index is 11.0. The minimum Gasteiger partial charge on any atom is -0.363 e. The standard InChI is InChI=1S/C11H15N3O3/c1-9-2-3-10(11(8-9)14(16)17)12-4-6-13(15)7-5-12/h2-3,8,15H,4-7H2,1H3. The molecule has 0 bridgehead atoms. The summed E-state index contributed by atoms with van der Waals surface area (Å²) in [7, 11) is 0. The average Bonchev–Trinajstić information content (AvgIpc) is 2.30. The molecule has 1 fully saturated rings. The maximum Gasteiger partial charge on any atom is 0.292 e. The molecule has 0 atom stereocenters. The minimum absolute atomic E-state index is 0.136. The van der Waals surface area contributed by atoms with Gasteiger partial charge in [-0.3, -0.25) is 10.1 Å². The lowest BCUT2D eigenvalue weighted by atomic mass is 10.1. The topological polar surface area (TPSA) is 69.8 Å². The molecule has 1 aliphatic rings. The van der Waals surface area contributed by atoms with Crippen molar-refractivity contribution in [2.75, 3.05) is 31.1 Å². The normalized spacial score (nSPS) is 17.2. The van der Waals surface area contributed by atoms with E-state index in [0.29, 0.717) is 31.9 Å². The highest BCUT2D eigenvalue weighted by molar-refractivity contribution is 5.64. The fourth-order valence-electron chi connectivity index (χ4n) is 1.98. The van der Waals surface area contributed by atoms with Crippen LogP contribution < -0.4 is 4.90 Å². The van der Waals surface area contributed by atoms with Crippen molar-refractivity contribution in [2.45, 2.75) is 6.92 Å². The molecule has 0 saturated carbocycles. The quantitative estimate of drug-likeness (QED) is 0.622. The predicted octanol–water partition coefficient (Wildman–Crippen LogP) is 1.41. The van der Waals surface area contributed by atoms with Gasteiger partial charge in [-0.15, -0.1) is 0 Å².